The van der Waals surface area contributed by atoms with Gasteiger partial charge in [0.15, 0.2) is 9.84 Å². The molecule has 0 spiro atoms. The van der Waals surface area contributed by atoms with Gasteiger partial charge in [-0.1, -0.05) is 36.4 Å². The maximum atomic E-state index is 12.8. The molecule has 0 bridgehead atoms. The summed E-state index contributed by atoms with van der Waals surface area (Å²) in [6.45, 7) is 4.99. The third kappa shape index (κ3) is 6.14. The van der Waals surface area contributed by atoms with E-state index in [2.05, 4.69) is 5.32 Å². The molecular formula is C19H28N2O4S. The number of nitrogens with zero attached hydrogens (tertiary/aromatic N) is 1. The SMILES string of the molecule is CCO[C@@H]1CCN(C(=O)NC(C)/C=C/S(C)(=O)=O)[C@H](c2ccccc2)C1. The zero-order valence-corrected chi connectivity index (χ0v) is 16.4. The molecule has 0 aromatic heterocycles. The van der Waals surface area contributed by atoms with Gasteiger partial charge in [0.25, 0.3) is 0 Å². The van der Waals surface area contributed by atoms with Crippen molar-refractivity contribution >= 4 is 15.9 Å². The molecule has 0 saturated carbocycles. The van der Waals surface area contributed by atoms with E-state index in [9.17, 15) is 13.2 Å². The number of rotatable bonds is 6. The molecule has 144 valence electrons. The van der Waals surface area contributed by atoms with Crippen LogP contribution in [0.1, 0.15) is 38.3 Å². The standard InChI is InChI=1S/C19H28N2O4S/c1-4-25-17-10-12-21(18(14-17)16-8-6-5-7-9-16)19(22)20-15(2)11-13-26(3,23)24/h5-9,11,13,15,17-18H,4,10,12,14H2,1-3H3,(H,20,22)/b13-11+/t15?,17-,18+/m1/s1. The van der Waals surface area contributed by atoms with E-state index in [1.165, 1.54) is 6.08 Å². The molecule has 1 aliphatic heterocycles. The van der Waals surface area contributed by atoms with Crippen LogP contribution in [0.3, 0.4) is 0 Å². The normalized spacial score (nSPS) is 22.3. The number of carbonyl (C=O) groups is 1. The Morgan fingerprint density at radius 1 is 1.38 bits per heavy atom. The molecule has 1 saturated heterocycles. The van der Waals surface area contributed by atoms with Crippen molar-refractivity contribution in [1.29, 1.82) is 0 Å². The van der Waals surface area contributed by atoms with Crippen molar-refractivity contribution in [1.82, 2.24) is 10.2 Å². The highest BCUT2D eigenvalue weighted by molar-refractivity contribution is 7.93. The van der Waals surface area contributed by atoms with E-state index in [1.54, 1.807) is 6.92 Å². The lowest BCUT2D eigenvalue weighted by molar-refractivity contribution is 0.000762. The number of urea groups is 1. The van der Waals surface area contributed by atoms with E-state index in [1.807, 2.05) is 42.2 Å². The van der Waals surface area contributed by atoms with E-state index in [4.69, 9.17) is 4.74 Å². The Morgan fingerprint density at radius 2 is 2.08 bits per heavy atom. The average Bonchev–Trinajstić information content (AvgIpc) is 2.60. The molecule has 3 atom stereocenters. The maximum Gasteiger partial charge on any atom is 0.318 e. The number of hydrogen-bond acceptors (Lipinski definition) is 4. The van der Waals surface area contributed by atoms with Crippen molar-refractivity contribution in [3.05, 3.63) is 47.4 Å². The molecule has 1 aliphatic rings. The summed E-state index contributed by atoms with van der Waals surface area (Å²) in [5.74, 6) is 0. The van der Waals surface area contributed by atoms with Crippen molar-refractivity contribution in [3.63, 3.8) is 0 Å². The van der Waals surface area contributed by atoms with Crippen LogP contribution in [0.5, 0.6) is 0 Å². The number of amides is 2. The predicted octanol–water partition coefficient (Wildman–Crippen LogP) is 2.89. The summed E-state index contributed by atoms with van der Waals surface area (Å²) in [6.07, 6.45) is 4.29. The quantitative estimate of drug-likeness (QED) is 0.823. The lowest BCUT2D eigenvalue weighted by Gasteiger charge is -2.40. The van der Waals surface area contributed by atoms with Gasteiger partial charge in [0.05, 0.1) is 12.1 Å². The molecule has 26 heavy (non-hydrogen) atoms. The number of sulfone groups is 1. The monoisotopic (exact) mass is 380 g/mol. The first-order valence-corrected chi connectivity index (χ1v) is 10.9. The van der Waals surface area contributed by atoms with Crippen LogP contribution in [0.25, 0.3) is 0 Å². The van der Waals surface area contributed by atoms with Crippen LogP contribution >= 0.6 is 0 Å². The number of nitrogens with one attached hydrogen (secondary N) is 1. The summed E-state index contributed by atoms with van der Waals surface area (Å²) < 4.78 is 28.3. The molecule has 2 rings (SSSR count). The Morgan fingerprint density at radius 3 is 2.69 bits per heavy atom. The lowest BCUT2D eigenvalue weighted by Crippen LogP contribution is -2.49. The number of likely N-dealkylation sites (tertiary alicyclic amines) is 1. The fourth-order valence-corrected chi connectivity index (χ4v) is 3.66. The largest absolute Gasteiger partial charge is 0.378 e. The van der Waals surface area contributed by atoms with Crippen LogP contribution in [0, 0.1) is 0 Å². The fourth-order valence-electron chi connectivity index (χ4n) is 3.14. The molecule has 6 nitrogen and oxygen atoms in total. The zero-order valence-electron chi connectivity index (χ0n) is 15.6. The Bertz CT molecular complexity index is 718. The first-order valence-electron chi connectivity index (χ1n) is 8.92. The second-order valence-corrected chi connectivity index (χ2v) is 8.55. The van der Waals surface area contributed by atoms with E-state index in [0.717, 1.165) is 30.1 Å². The molecule has 1 aromatic carbocycles. The Kier molecular flexibility index (Phi) is 7.23. The van der Waals surface area contributed by atoms with Crippen molar-refractivity contribution in [2.45, 2.75) is 44.9 Å². The highest BCUT2D eigenvalue weighted by Gasteiger charge is 2.33. The van der Waals surface area contributed by atoms with E-state index >= 15 is 0 Å². The van der Waals surface area contributed by atoms with Gasteiger partial charge in [0.1, 0.15) is 0 Å². The predicted molar refractivity (Wildman–Crippen MR) is 103 cm³/mol. The molecule has 1 heterocycles. The molecule has 1 fully saturated rings. The minimum absolute atomic E-state index is 0.0624. The van der Waals surface area contributed by atoms with Crippen LogP contribution in [0.4, 0.5) is 4.79 Å². The van der Waals surface area contributed by atoms with Gasteiger partial charge in [-0.05, 0) is 32.3 Å². The Labute approximate surface area is 156 Å². The van der Waals surface area contributed by atoms with Crippen LogP contribution < -0.4 is 5.32 Å². The second-order valence-electron chi connectivity index (χ2n) is 6.62. The maximum absolute atomic E-state index is 12.8. The molecule has 1 aromatic rings. The van der Waals surface area contributed by atoms with Gasteiger partial charge in [0, 0.05) is 30.9 Å². The first-order chi connectivity index (χ1) is 12.3. The minimum Gasteiger partial charge on any atom is -0.378 e. The van der Waals surface area contributed by atoms with E-state index < -0.39 is 9.84 Å². The molecule has 1 N–H and O–H groups in total. The molecule has 7 heteroatoms. The highest BCUT2D eigenvalue weighted by Crippen LogP contribution is 2.32. The van der Waals surface area contributed by atoms with Gasteiger partial charge in [0.2, 0.25) is 0 Å². The van der Waals surface area contributed by atoms with E-state index in [-0.39, 0.29) is 24.2 Å². The summed E-state index contributed by atoms with van der Waals surface area (Å²) in [7, 11) is -3.21. The van der Waals surface area contributed by atoms with Crippen LogP contribution in [-0.2, 0) is 14.6 Å². The van der Waals surface area contributed by atoms with Crippen molar-refractivity contribution in [3.8, 4) is 0 Å². The fraction of sp³-hybridized carbons (Fsp3) is 0.526. The van der Waals surface area contributed by atoms with Gasteiger partial charge in [-0.2, -0.15) is 0 Å². The lowest BCUT2D eigenvalue weighted by atomic mass is 9.93. The number of ether oxygens (including phenoxy) is 1. The molecule has 0 radical (unpaired) electrons. The minimum atomic E-state index is -3.21. The smallest absolute Gasteiger partial charge is 0.318 e. The zero-order chi connectivity index (χ0) is 19.2. The first kappa shape index (κ1) is 20.5. The molecule has 2 amide bonds. The summed E-state index contributed by atoms with van der Waals surface area (Å²) in [4.78, 5) is 14.6. The third-order valence-electron chi connectivity index (χ3n) is 4.37. The molecular weight excluding hydrogens is 352 g/mol. The van der Waals surface area contributed by atoms with Gasteiger partial charge in [-0.25, -0.2) is 13.2 Å². The highest BCUT2D eigenvalue weighted by atomic mass is 32.2. The van der Waals surface area contributed by atoms with Gasteiger partial charge in [-0.3, -0.25) is 0 Å². The number of piperidine rings is 1. The summed E-state index contributed by atoms with van der Waals surface area (Å²) in [6, 6.07) is 9.29. The number of hydrogen-bond donors (Lipinski definition) is 1. The van der Waals surface area contributed by atoms with Crippen molar-refractivity contribution < 1.29 is 17.9 Å². The summed E-state index contributed by atoms with van der Waals surface area (Å²) in [5, 5.41) is 3.98. The summed E-state index contributed by atoms with van der Waals surface area (Å²) >= 11 is 0. The van der Waals surface area contributed by atoms with Crippen LogP contribution in [0.2, 0.25) is 0 Å². The van der Waals surface area contributed by atoms with Gasteiger partial charge < -0.3 is 15.0 Å². The Balaban J connectivity index is 2.11. The van der Waals surface area contributed by atoms with E-state index in [0.29, 0.717) is 13.2 Å². The van der Waals surface area contributed by atoms with Crippen molar-refractivity contribution in [2.75, 3.05) is 19.4 Å². The number of benzene rings is 1. The summed E-state index contributed by atoms with van der Waals surface area (Å²) in [5.41, 5.74) is 1.08. The van der Waals surface area contributed by atoms with Crippen LogP contribution in [0.15, 0.2) is 41.8 Å². The van der Waals surface area contributed by atoms with Gasteiger partial charge in [-0.15, -0.1) is 0 Å². The molecule has 0 aliphatic carbocycles. The topological polar surface area (TPSA) is 75.7 Å². The number of carbonyl (C=O) groups excluding carboxylic acids is 1. The van der Waals surface area contributed by atoms with Gasteiger partial charge >= 0.3 is 6.03 Å². The Hall–Kier alpha value is -1.86. The van der Waals surface area contributed by atoms with Crippen molar-refractivity contribution in [2.24, 2.45) is 0 Å². The average molecular weight is 381 g/mol. The second kappa shape index (κ2) is 9.19. The molecule has 1 unspecified atom stereocenters. The third-order valence-corrected chi connectivity index (χ3v) is 5.02. The van der Waals surface area contributed by atoms with Crippen LogP contribution in [-0.4, -0.2) is 50.9 Å².